The molecule has 1 aliphatic rings. The fraction of sp³-hybridized carbons (Fsp3) is 0.500. The second kappa shape index (κ2) is 3.57. The van der Waals surface area contributed by atoms with E-state index < -0.39 is 17.6 Å². The summed E-state index contributed by atoms with van der Waals surface area (Å²) in [5.74, 6) is -2.47. The molecule has 2 N–H and O–H groups in total. The minimum Gasteiger partial charge on any atom is -0.478 e. The van der Waals surface area contributed by atoms with Crippen molar-refractivity contribution < 1.29 is 19.8 Å². The van der Waals surface area contributed by atoms with Gasteiger partial charge in [0.15, 0.2) is 5.71 Å². The molecule has 0 saturated carbocycles. The van der Waals surface area contributed by atoms with E-state index in [0.29, 0.717) is 6.42 Å². The van der Waals surface area contributed by atoms with Crippen molar-refractivity contribution >= 4 is 23.9 Å². The molecule has 6 heteroatoms. The zero-order valence-corrected chi connectivity index (χ0v) is 7.60. The van der Waals surface area contributed by atoms with Crippen LogP contribution >= 0.6 is 0 Å². The maximum atomic E-state index is 10.9. The lowest BCUT2D eigenvalue weighted by Crippen LogP contribution is -2.33. The van der Waals surface area contributed by atoms with Crippen LogP contribution in [-0.4, -0.2) is 39.7 Å². The number of aliphatic carboxylic acids is 2. The summed E-state index contributed by atoms with van der Waals surface area (Å²) in [4.78, 5) is 28.6. The average Bonchev–Trinajstić information content (AvgIpc) is 2.50. The van der Waals surface area contributed by atoms with Crippen LogP contribution in [0.25, 0.3) is 0 Å². The first-order valence-electron chi connectivity index (χ1n) is 4.13. The molecular weight excluding hydrogens is 188 g/mol. The Morgan fingerprint density at radius 2 is 2.14 bits per heavy atom. The van der Waals surface area contributed by atoms with Crippen LogP contribution in [0.2, 0.25) is 0 Å². The van der Waals surface area contributed by atoms with Gasteiger partial charge in [-0.3, -0.25) is 0 Å². The molecule has 1 heterocycles. The van der Waals surface area contributed by atoms with Gasteiger partial charge in [0.25, 0.3) is 0 Å². The Balaban J connectivity index is 3.01. The van der Waals surface area contributed by atoms with Crippen molar-refractivity contribution in [1.82, 2.24) is 0 Å². The summed E-state index contributed by atoms with van der Waals surface area (Å²) in [6, 6.07) is 0. The number of hydrogen-bond donors (Lipinski definition) is 2. The van der Waals surface area contributed by atoms with Crippen LogP contribution in [-0.2, 0) is 9.59 Å². The van der Waals surface area contributed by atoms with Gasteiger partial charge in [0.05, 0.1) is 6.21 Å². The number of rotatable bonds is 4. The smallest absolute Gasteiger partial charge is 0.355 e. The highest BCUT2D eigenvalue weighted by Gasteiger charge is 2.40. The Kier molecular flexibility index (Phi) is 2.64. The van der Waals surface area contributed by atoms with E-state index in [-0.39, 0.29) is 12.1 Å². The molecule has 0 saturated heterocycles. The van der Waals surface area contributed by atoms with Crippen LogP contribution in [0.3, 0.4) is 0 Å². The third-order valence-corrected chi connectivity index (χ3v) is 1.87. The molecule has 0 fully saturated rings. The van der Waals surface area contributed by atoms with Gasteiger partial charge >= 0.3 is 11.9 Å². The fourth-order valence-corrected chi connectivity index (χ4v) is 1.21. The normalized spacial score (nSPS) is 24.8. The minimum absolute atomic E-state index is 0.204. The quantitative estimate of drug-likeness (QED) is 0.672. The van der Waals surface area contributed by atoms with Gasteiger partial charge in [0, 0.05) is 6.42 Å². The summed E-state index contributed by atoms with van der Waals surface area (Å²) in [7, 11) is 0. The maximum Gasteiger partial charge on any atom is 0.355 e. The molecule has 0 bridgehead atoms. The van der Waals surface area contributed by atoms with Crippen molar-refractivity contribution in [2.45, 2.75) is 25.4 Å². The summed E-state index contributed by atoms with van der Waals surface area (Å²) in [6.07, 6.45) is 1.77. The van der Waals surface area contributed by atoms with Crippen LogP contribution in [0, 0.1) is 0 Å². The predicted octanol–water partition coefficient (Wildman–Crippen LogP) is 0.177. The Morgan fingerprint density at radius 1 is 1.50 bits per heavy atom. The zero-order valence-electron chi connectivity index (χ0n) is 7.60. The van der Waals surface area contributed by atoms with Gasteiger partial charge in [-0.15, -0.1) is 0 Å². The summed E-state index contributed by atoms with van der Waals surface area (Å²) in [6.45, 7) is 1.79. The molecule has 0 aromatic carbocycles. The van der Waals surface area contributed by atoms with Gasteiger partial charge in [-0.25, -0.2) is 19.6 Å². The number of carbonyl (C=O) groups is 2. The third kappa shape index (κ3) is 1.63. The van der Waals surface area contributed by atoms with E-state index in [1.54, 1.807) is 6.92 Å². The summed E-state index contributed by atoms with van der Waals surface area (Å²) >= 11 is 0. The molecule has 0 aromatic heterocycles. The van der Waals surface area contributed by atoms with Crippen LogP contribution in [0.1, 0.15) is 19.8 Å². The van der Waals surface area contributed by atoms with E-state index in [2.05, 4.69) is 9.98 Å². The van der Waals surface area contributed by atoms with Crippen LogP contribution in [0.15, 0.2) is 9.98 Å². The van der Waals surface area contributed by atoms with Crippen molar-refractivity contribution in [1.29, 1.82) is 0 Å². The molecule has 1 unspecified atom stereocenters. The molecular formula is C8H10N2O4. The lowest BCUT2D eigenvalue weighted by molar-refractivity contribution is -0.143. The molecule has 0 aliphatic carbocycles. The monoisotopic (exact) mass is 198 g/mol. The number of carboxylic acids is 2. The van der Waals surface area contributed by atoms with Gasteiger partial charge in [0.2, 0.25) is 5.66 Å². The Morgan fingerprint density at radius 3 is 2.50 bits per heavy atom. The predicted molar refractivity (Wildman–Crippen MR) is 48.8 cm³/mol. The largest absolute Gasteiger partial charge is 0.478 e. The van der Waals surface area contributed by atoms with E-state index in [9.17, 15) is 9.59 Å². The number of carboxylic acid groups (broad SMARTS) is 2. The molecule has 1 rings (SSSR count). The molecule has 14 heavy (non-hydrogen) atoms. The van der Waals surface area contributed by atoms with E-state index in [1.807, 2.05) is 0 Å². The molecule has 0 amide bonds. The van der Waals surface area contributed by atoms with Crippen molar-refractivity contribution in [3.05, 3.63) is 0 Å². The second-order valence-electron chi connectivity index (χ2n) is 2.93. The van der Waals surface area contributed by atoms with Crippen LogP contribution < -0.4 is 0 Å². The highest BCUT2D eigenvalue weighted by atomic mass is 16.4. The molecule has 1 atom stereocenters. The van der Waals surface area contributed by atoms with Gasteiger partial charge in [-0.1, -0.05) is 13.3 Å². The lowest BCUT2D eigenvalue weighted by Gasteiger charge is -2.15. The molecule has 0 aromatic rings. The van der Waals surface area contributed by atoms with Crippen molar-refractivity contribution in [3.8, 4) is 0 Å². The topological polar surface area (TPSA) is 99.3 Å². The number of aliphatic imine (C=N–C) groups is 2. The summed E-state index contributed by atoms with van der Waals surface area (Å²) < 4.78 is 0. The zero-order chi connectivity index (χ0) is 10.8. The van der Waals surface area contributed by atoms with Gasteiger partial charge in [-0.05, 0) is 0 Å². The first-order valence-corrected chi connectivity index (χ1v) is 4.13. The van der Waals surface area contributed by atoms with Crippen molar-refractivity contribution in [2.24, 2.45) is 9.98 Å². The van der Waals surface area contributed by atoms with E-state index >= 15 is 0 Å². The number of hydrogen-bond acceptors (Lipinski definition) is 4. The van der Waals surface area contributed by atoms with Crippen molar-refractivity contribution in [3.63, 3.8) is 0 Å². The molecule has 0 spiro atoms. The SMILES string of the molecule is CCCC1(C(=O)O)N=CC(C(=O)O)=N1. The van der Waals surface area contributed by atoms with Crippen LogP contribution in [0.4, 0.5) is 0 Å². The summed E-state index contributed by atoms with van der Waals surface area (Å²) in [5, 5.41) is 17.5. The second-order valence-corrected chi connectivity index (χ2v) is 2.93. The fourth-order valence-electron chi connectivity index (χ4n) is 1.21. The highest BCUT2D eigenvalue weighted by molar-refractivity contribution is 6.59. The van der Waals surface area contributed by atoms with Gasteiger partial charge in [0.1, 0.15) is 0 Å². The Hall–Kier alpha value is -1.72. The van der Waals surface area contributed by atoms with E-state index in [0.717, 1.165) is 6.21 Å². The lowest BCUT2D eigenvalue weighted by atomic mass is 10.1. The third-order valence-electron chi connectivity index (χ3n) is 1.87. The Labute approximate surface area is 80.0 Å². The first kappa shape index (κ1) is 10.4. The van der Waals surface area contributed by atoms with Crippen molar-refractivity contribution in [2.75, 3.05) is 0 Å². The molecule has 76 valence electrons. The first-order chi connectivity index (χ1) is 6.52. The molecule has 0 radical (unpaired) electrons. The standard InChI is InChI=1S/C8H10N2O4/c1-2-3-8(7(13)14)9-4-5(10-8)6(11)12/h4H,2-3H2,1H3,(H,11,12)(H,13,14). The highest BCUT2D eigenvalue weighted by Crippen LogP contribution is 2.23. The summed E-state index contributed by atoms with van der Waals surface area (Å²) in [5.41, 5.74) is -1.91. The average molecular weight is 198 g/mol. The maximum absolute atomic E-state index is 10.9. The van der Waals surface area contributed by atoms with E-state index in [1.165, 1.54) is 0 Å². The minimum atomic E-state index is -1.61. The van der Waals surface area contributed by atoms with Gasteiger partial charge in [-0.2, -0.15) is 0 Å². The number of nitrogens with zero attached hydrogens (tertiary/aromatic N) is 2. The van der Waals surface area contributed by atoms with E-state index in [4.69, 9.17) is 10.2 Å². The van der Waals surface area contributed by atoms with Crippen LogP contribution in [0.5, 0.6) is 0 Å². The molecule has 6 nitrogen and oxygen atoms in total. The Bertz CT molecular complexity index is 334. The molecule has 1 aliphatic heterocycles. The van der Waals surface area contributed by atoms with Gasteiger partial charge < -0.3 is 10.2 Å².